The van der Waals surface area contributed by atoms with Crippen molar-refractivity contribution in [2.24, 2.45) is 0 Å². The summed E-state index contributed by atoms with van der Waals surface area (Å²) in [5, 5.41) is 14.9. The number of H-pyrrole nitrogens is 1. The molecule has 0 atom stereocenters. The third kappa shape index (κ3) is 5.69. The van der Waals surface area contributed by atoms with Gasteiger partial charge in [0.15, 0.2) is 6.61 Å². The van der Waals surface area contributed by atoms with Gasteiger partial charge in [0.25, 0.3) is 5.56 Å². The van der Waals surface area contributed by atoms with Gasteiger partial charge in [0.05, 0.1) is 24.6 Å². The van der Waals surface area contributed by atoms with Crippen molar-refractivity contribution in [3.05, 3.63) is 88.5 Å². The highest BCUT2D eigenvalue weighted by molar-refractivity contribution is 5.81. The SMILES string of the molecule is CCCCc1nc2ccc(OCC(=O)OC)cc2c(=O)n1Cc1ccc(-c2ccccc2-c2nn[nH]n2)cc1. The predicted molar refractivity (Wildman–Crippen MR) is 146 cm³/mol. The van der Waals surface area contributed by atoms with E-state index in [-0.39, 0.29) is 12.2 Å². The first-order valence-corrected chi connectivity index (χ1v) is 12.7. The normalized spacial score (nSPS) is 11.0. The quantitative estimate of drug-likeness (QED) is 0.270. The molecule has 0 spiro atoms. The van der Waals surface area contributed by atoms with Crippen LogP contribution in [0, 0.1) is 0 Å². The van der Waals surface area contributed by atoms with Crippen LogP contribution in [0.25, 0.3) is 33.4 Å². The molecule has 0 saturated heterocycles. The number of esters is 1. The van der Waals surface area contributed by atoms with Crippen LogP contribution in [0.1, 0.15) is 31.2 Å². The largest absolute Gasteiger partial charge is 0.482 e. The number of hydrogen-bond acceptors (Lipinski definition) is 8. The van der Waals surface area contributed by atoms with Crippen LogP contribution < -0.4 is 10.3 Å². The number of methoxy groups -OCH3 is 1. The van der Waals surface area contributed by atoms with Crippen LogP contribution in [-0.4, -0.2) is 49.9 Å². The van der Waals surface area contributed by atoms with Gasteiger partial charge in [-0.3, -0.25) is 9.36 Å². The van der Waals surface area contributed by atoms with Crippen LogP contribution >= 0.6 is 0 Å². The number of carbonyl (C=O) groups excluding carboxylic acids is 1. The molecule has 5 rings (SSSR count). The van der Waals surface area contributed by atoms with Crippen LogP contribution in [0.15, 0.2) is 71.5 Å². The zero-order chi connectivity index (χ0) is 27.2. The minimum Gasteiger partial charge on any atom is -0.482 e. The van der Waals surface area contributed by atoms with E-state index in [4.69, 9.17) is 9.72 Å². The Morgan fingerprint density at radius 3 is 2.54 bits per heavy atom. The molecule has 1 N–H and O–H groups in total. The molecule has 2 aromatic heterocycles. The van der Waals surface area contributed by atoms with Gasteiger partial charge < -0.3 is 9.47 Å². The summed E-state index contributed by atoms with van der Waals surface area (Å²) in [6.45, 7) is 2.25. The summed E-state index contributed by atoms with van der Waals surface area (Å²) in [5.74, 6) is 1.18. The summed E-state index contributed by atoms with van der Waals surface area (Å²) in [5.41, 5.74) is 4.28. The van der Waals surface area contributed by atoms with Gasteiger partial charge in [0.1, 0.15) is 11.6 Å². The molecule has 39 heavy (non-hydrogen) atoms. The van der Waals surface area contributed by atoms with Crippen LogP contribution in [0.4, 0.5) is 0 Å². The zero-order valence-electron chi connectivity index (χ0n) is 21.8. The van der Waals surface area contributed by atoms with Crippen LogP contribution in [0.5, 0.6) is 5.75 Å². The van der Waals surface area contributed by atoms with E-state index >= 15 is 0 Å². The fourth-order valence-electron chi connectivity index (χ4n) is 4.40. The van der Waals surface area contributed by atoms with Crippen molar-refractivity contribution in [1.29, 1.82) is 0 Å². The maximum Gasteiger partial charge on any atom is 0.343 e. The van der Waals surface area contributed by atoms with Crippen molar-refractivity contribution < 1.29 is 14.3 Å². The van der Waals surface area contributed by atoms with E-state index in [2.05, 4.69) is 32.3 Å². The van der Waals surface area contributed by atoms with Gasteiger partial charge in [-0.05, 0) is 46.5 Å². The number of nitrogens with zero attached hydrogens (tertiary/aromatic N) is 5. The number of benzene rings is 3. The second kappa shape index (κ2) is 11.7. The maximum absolute atomic E-state index is 13.7. The number of aromatic nitrogens is 6. The second-order valence-electron chi connectivity index (χ2n) is 9.04. The molecule has 5 aromatic rings. The zero-order valence-corrected chi connectivity index (χ0v) is 21.8. The van der Waals surface area contributed by atoms with Gasteiger partial charge in [-0.25, -0.2) is 9.78 Å². The number of aryl methyl sites for hydroxylation is 1. The van der Waals surface area contributed by atoms with E-state index in [1.165, 1.54) is 7.11 Å². The van der Waals surface area contributed by atoms with Gasteiger partial charge in [-0.15, -0.1) is 10.2 Å². The fraction of sp³-hybridized carbons (Fsp3) is 0.241. The van der Waals surface area contributed by atoms with E-state index in [0.29, 0.717) is 35.4 Å². The van der Waals surface area contributed by atoms with Gasteiger partial charge in [-0.2, -0.15) is 5.21 Å². The van der Waals surface area contributed by atoms with Gasteiger partial charge >= 0.3 is 5.97 Å². The Bertz CT molecular complexity index is 1650. The molecule has 2 heterocycles. The molecule has 10 nitrogen and oxygen atoms in total. The van der Waals surface area contributed by atoms with Crippen molar-refractivity contribution in [3.63, 3.8) is 0 Å². The highest BCUT2D eigenvalue weighted by Gasteiger charge is 2.14. The number of rotatable bonds is 10. The fourth-order valence-corrected chi connectivity index (χ4v) is 4.40. The van der Waals surface area contributed by atoms with E-state index in [9.17, 15) is 9.59 Å². The Labute approximate surface area is 224 Å². The number of nitrogens with one attached hydrogen (secondary N) is 1. The van der Waals surface area contributed by atoms with Crippen molar-refractivity contribution >= 4 is 16.9 Å². The lowest BCUT2D eigenvalue weighted by Crippen LogP contribution is -2.26. The third-order valence-electron chi connectivity index (χ3n) is 6.46. The molecule has 0 aliphatic rings. The number of tetrazole rings is 1. The smallest absolute Gasteiger partial charge is 0.343 e. The molecule has 0 unspecified atom stereocenters. The van der Waals surface area contributed by atoms with E-state index in [1.54, 1.807) is 22.8 Å². The summed E-state index contributed by atoms with van der Waals surface area (Å²) < 4.78 is 11.9. The molecule has 0 aliphatic heterocycles. The Balaban J connectivity index is 1.47. The molecular weight excluding hydrogens is 496 g/mol. The Morgan fingerprint density at radius 1 is 1.03 bits per heavy atom. The number of unbranched alkanes of at least 4 members (excludes halogenated alkanes) is 1. The topological polar surface area (TPSA) is 125 Å². The molecule has 10 heteroatoms. The summed E-state index contributed by atoms with van der Waals surface area (Å²) >= 11 is 0. The first kappa shape index (κ1) is 25.8. The molecular formula is C29H28N6O4. The first-order chi connectivity index (χ1) is 19.1. The number of hydrogen-bond donors (Lipinski definition) is 1. The van der Waals surface area contributed by atoms with Gasteiger partial charge in [0.2, 0.25) is 5.82 Å². The molecule has 0 aliphatic carbocycles. The van der Waals surface area contributed by atoms with Crippen LogP contribution in [0.2, 0.25) is 0 Å². The molecule has 3 aromatic carbocycles. The molecule has 0 radical (unpaired) electrons. The van der Waals surface area contributed by atoms with Crippen molar-refractivity contribution in [1.82, 2.24) is 30.2 Å². The minimum atomic E-state index is -0.496. The van der Waals surface area contributed by atoms with Crippen molar-refractivity contribution in [2.75, 3.05) is 13.7 Å². The summed E-state index contributed by atoms with van der Waals surface area (Å²) in [6, 6.07) is 21.0. The minimum absolute atomic E-state index is 0.152. The summed E-state index contributed by atoms with van der Waals surface area (Å²) in [4.78, 5) is 30.0. The lowest BCUT2D eigenvalue weighted by atomic mass is 9.98. The highest BCUT2D eigenvalue weighted by Crippen LogP contribution is 2.30. The monoisotopic (exact) mass is 524 g/mol. The average molecular weight is 525 g/mol. The third-order valence-corrected chi connectivity index (χ3v) is 6.46. The Hall–Kier alpha value is -4.86. The number of aromatic amines is 1. The average Bonchev–Trinajstić information content (AvgIpc) is 3.52. The van der Waals surface area contributed by atoms with Gasteiger partial charge in [-0.1, -0.05) is 61.9 Å². The van der Waals surface area contributed by atoms with Crippen molar-refractivity contribution in [2.45, 2.75) is 32.7 Å². The van der Waals surface area contributed by atoms with Gasteiger partial charge in [0, 0.05) is 12.0 Å². The molecule has 0 fully saturated rings. The van der Waals surface area contributed by atoms with E-state index < -0.39 is 5.97 Å². The van der Waals surface area contributed by atoms with Crippen molar-refractivity contribution in [3.8, 4) is 28.3 Å². The lowest BCUT2D eigenvalue weighted by Gasteiger charge is -2.15. The second-order valence-corrected chi connectivity index (χ2v) is 9.04. The Kier molecular flexibility index (Phi) is 7.72. The molecule has 0 saturated carbocycles. The number of carbonyl (C=O) groups is 1. The molecule has 0 bridgehead atoms. The molecule has 198 valence electrons. The summed E-state index contributed by atoms with van der Waals surface area (Å²) in [6.07, 6.45) is 2.60. The number of ether oxygens (including phenoxy) is 2. The maximum atomic E-state index is 13.7. The summed E-state index contributed by atoms with van der Waals surface area (Å²) in [7, 11) is 1.30. The lowest BCUT2D eigenvalue weighted by molar-refractivity contribution is -0.142. The van der Waals surface area contributed by atoms with Crippen LogP contribution in [-0.2, 0) is 22.5 Å². The first-order valence-electron chi connectivity index (χ1n) is 12.7. The predicted octanol–water partition coefficient (Wildman–Crippen LogP) is 4.19. The molecule has 0 amide bonds. The Morgan fingerprint density at radius 2 is 1.82 bits per heavy atom. The van der Waals surface area contributed by atoms with E-state index in [0.717, 1.165) is 40.9 Å². The van der Waals surface area contributed by atoms with Crippen LogP contribution in [0.3, 0.4) is 0 Å². The van der Waals surface area contributed by atoms with E-state index in [1.807, 2.05) is 48.5 Å². The highest BCUT2D eigenvalue weighted by atomic mass is 16.6. The standard InChI is InChI=1S/C29H28N6O4/c1-3-4-9-26-30-25-15-14-21(39-18-27(36)38-2)16-24(25)29(37)35(26)17-19-10-12-20(13-11-19)22-7-5-6-8-23(22)28-31-33-34-32-28/h5-8,10-16H,3-4,9,17-18H2,1-2H3,(H,31,32,33,34). The number of fused-ring (bicyclic) bond motifs is 1.